The number of rotatable bonds is 4. The van der Waals surface area contributed by atoms with E-state index in [-0.39, 0.29) is 11.9 Å². The number of hydrogen-bond acceptors (Lipinski definition) is 5. The highest BCUT2D eigenvalue weighted by molar-refractivity contribution is 5.92. The Kier molecular flexibility index (Phi) is 4.49. The van der Waals surface area contributed by atoms with Gasteiger partial charge in [-0.1, -0.05) is 5.21 Å². The third-order valence-corrected chi connectivity index (χ3v) is 3.67. The molecule has 19 heavy (non-hydrogen) atoms. The average Bonchev–Trinajstić information content (AvgIpc) is 2.83. The molecule has 1 aliphatic rings. The lowest BCUT2D eigenvalue weighted by Crippen LogP contribution is -2.47. The van der Waals surface area contributed by atoms with Crippen molar-refractivity contribution in [1.29, 1.82) is 0 Å². The lowest BCUT2D eigenvalue weighted by Gasteiger charge is -2.35. The van der Waals surface area contributed by atoms with E-state index in [9.17, 15) is 4.79 Å². The topological polar surface area (TPSA) is 89.1 Å². The number of nitrogens with two attached hydrogens (primary N) is 1. The molecule has 0 bridgehead atoms. The van der Waals surface area contributed by atoms with Crippen LogP contribution in [0, 0.1) is 0 Å². The number of nitrogens with zero attached hydrogens (tertiary/aromatic N) is 4. The van der Waals surface area contributed by atoms with E-state index in [2.05, 4.69) is 34.5 Å². The highest BCUT2D eigenvalue weighted by Gasteiger charge is 2.24. The predicted octanol–water partition coefficient (Wildman–Crippen LogP) is -0.551. The van der Waals surface area contributed by atoms with E-state index in [0.29, 0.717) is 24.8 Å². The largest absolute Gasteiger partial charge is 0.348 e. The number of hydrogen-bond donors (Lipinski definition) is 2. The van der Waals surface area contributed by atoms with Crippen molar-refractivity contribution in [3.63, 3.8) is 0 Å². The summed E-state index contributed by atoms with van der Waals surface area (Å²) in [5.41, 5.74) is 5.79. The molecule has 1 saturated heterocycles. The number of carbonyl (C=O) groups is 1. The summed E-state index contributed by atoms with van der Waals surface area (Å²) in [5, 5.41) is 10.8. The van der Waals surface area contributed by atoms with Crippen LogP contribution in [0.2, 0.25) is 0 Å². The van der Waals surface area contributed by atoms with Gasteiger partial charge in [0.15, 0.2) is 5.69 Å². The highest BCUT2D eigenvalue weighted by atomic mass is 16.2. The molecule has 7 nitrogen and oxygen atoms in total. The van der Waals surface area contributed by atoms with Gasteiger partial charge in [-0.25, -0.2) is 0 Å². The maximum Gasteiger partial charge on any atom is 0.273 e. The van der Waals surface area contributed by atoms with Crippen molar-refractivity contribution in [1.82, 2.24) is 25.2 Å². The zero-order valence-electron chi connectivity index (χ0n) is 11.5. The summed E-state index contributed by atoms with van der Waals surface area (Å²) < 4.78 is 1.59. The molecule has 0 spiro atoms. The average molecular weight is 266 g/mol. The van der Waals surface area contributed by atoms with E-state index >= 15 is 0 Å². The molecule has 3 N–H and O–H groups in total. The van der Waals surface area contributed by atoms with Crippen LogP contribution >= 0.6 is 0 Å². The Morgan fingerprint density at radius 3 is 3.11 bits per heavy atom. The van der Waals surface area contributed by atoms with Crippen molar-refractivity contribution in [3.8, 4) is 0 Å². The summed E-state index contributed by atoms with van der Waals surface area (Å²) in [7, 11) is 2.11. The molecule has 2 heterocycles. The van der Waals surface area contributed by atoms with Gasteiger partial charge in [0, 0.05) is 25.2 Å². The molecule has 1 aliphatic heterocycles. The zero-order valence-corrected chi connectivity index (χ0v) is 11.5. The summed E-state index contributed by atoms with van der Waals surface area (Å²) in [4.78, 5) is 14.4. The Balaban J connectivity index is 1.89. The molecule has 106 valence electrons. The molecule has 7 heteroatoms. The zero-order chi connectivity index (χ0) is 13.8. The molecule has 2 rings (SSSR count). The summed E-state index contributed by atoms with van der Waals surface area (Å²) in [6.45, 7) is 4.24. The Labute approximate surface area is 113 Å². The maximum atomic E-state index is 12.0. The first-order chi connectivity index (χ1) is 9.10. The van der Waals surface area contributed by atoms with Crippen LogP contribution in [0.1, 0.15) is 30.3 Å². The molecule has 1 aromatic heterocycles. The molecule has 0 aliphatic carbocycles. The maximum absolute atomic E-state index is 12.0. The van der Waals surface area contributed by atoms with Gasteiger partial charge in [-0.3, -0.25) is 9.48 Å². The molecular formula is C12H22N6O. The van der Waals surface area contributed by atoms with Gasteiger partial charge in [-0.05, 0) is 26.8 Å². The fraction of sp³-hybridized carbons (Fsp3) is 0.750. The number of aromatic nitrogens is 3. The van der Waals surface area contributed by atoms with Crippen LogP contribution in [0.25, 0.3) is 0 Å². The van der Waals surface area contributed by atoms with Crippen LogP contribution in [0.4, 0.5) is 0 Å². The van der Waals surface area contributed by atoms with Crippen LogP contribution in [0.3, 0.4) is 0 Å². The summed E-state index contributed by atoms with van der Waals surface area (Å²) >= 11 is 0. The second-order valence-corrected chi connectivity index (χ2v) is 5.18. The third kappa shape index (κ3) is 3.51. The molecular weight excluding hydrogens is 244 g/mol. The van der Waals surface area contributed by atoms with Gasteiger partial charge in [0.1, 0.15) is 0 Å². The lowest BCUT2D eigenvalue weighted by atomic mass is 9.99. The van der Waals surface area contributed by atoms with Crippen LogP contribution in [0.15, 0.2) is 6.20 Å². The van der Waals surface area contributed by atoms with Crippen LogP contribution in [0.5, 0.6) is 0 Å². The molecule has 2 unspecified atom stereocenters. The van der Waals surface area contributed by atoms with Gasteiger partial charge in [0.05, 0.1) is 12.7 Å². The van der Waals surface area contributed by atoms with E-state index in [1.54, 1.807) is 10.9 Å². The molecule has 0 saturated carbocycles. The minimum absolute atomic E-state index is 0.148. The summed E-state index contributed by atoms with van der Waals surface area (Å²) in [6.07, 6.45) is 3.59. The molecule has 0 aromatic carbocycles. The van der Waals surface area contributed by atoms with Gasteiger partial charge in [0.25, 0.3) is 5.91 Å². The highest BCUT2D eigenvalue weighted by Crippen LogP contribution is 2.15. The van der Waals surface area contributed by atoms with Gasteiger partial charge in [0.2, 0.25) is 0 Å². The predicted molar refractivity (Wildman–Crippen MR) is 71.7 cm³/mol. The van der Waals surface area contributed by atoms with Crippen molar-refractivity contribution in [3.05, 3.63) is 11.9 Å². The van der Waals surface area contributed by atoms with Crippen molar-refractivity contribution in [2.45, 2.75) is 38.4 Å². The van der Waals surface area contributed by atoms with E-state index in [1.807, 2.05) is 0 Å². The first kappa shape index (κ1) is 14.0. The van der Waals surface area contributed by atoms with Gasteiger partial charge < -0.3 is 16.0 Å². The van der Waals surface area contributed by atoms with E-state index in [4.69, 9.17) is 5.73 Å². The number of nitrogens with one attached hydrogen (secondary N) is 1. The van der Waals surface area contributed by atoms with Gasteiger partial charge >= 0.3 is 0 Å². The lowest BCUT2D eigenvalue weighted by molar-refractivity contribution is 0.0891. The third-order valence-electron chi connectivity index (χ3n) is 3.67. The summed E-state index contributed by atoms with van der Waals surface area (Å²) in [5.74, 6) is -0.148. The standard InChI is InChI=1S/C12H22N6O/c1-9-7-10(3-5-17(9)2)14-12(19)11-8-18(6-4-13)16-15-11/h8-10H,3-7,13H2,1-2H3,(H,14,19). The van der Waals surface area contributed by atoms with E-state index in [0.717, 1.165) is 19.4 Å². The van der Waals surface area contributed by atoms with Crippen LogP contribution in [-0.2, 0) is 6.54 Å². The first-order valence-electron chi connectivity index (χ1n) is 6.71. The van der Waals surface area contributed by atoms with Crippen LogP contribution in [-0.4, -0.2) is 58.0 Å². The second-order valence-electron chi connectivity index (χ2n) is 5.18. The van der Waals surface area contributed by atoms with Gasteiger partial charge in [-0.15, -0.1) is 5.10 Å². The van der Waals surface area contributed by atoms with Crippen LogP contribution < -0.4 is 11.1 Å². The Morgan fingerprint density at radius 2 is 2.42 bits per heavy atom. The number of likely N-dealkylation sites (tertiary alicyclic amines) is 1. The van der Waals surface area contributed by atoms with E-state index in [1.165, 1.54) is 0 Å². The SMILES string of the molecule is CC1CC(NC(=O)c2cn(CCN)nn2)CCN1C. The fourth-order valence-electron chi connectivity index (χ4n) is 2.32. The number of amides is 1. The number of carbonyl (C=O) groups excluding carboxylic acids is 1. The summed E-state index contributed by atoms with van der Waals surface area (Å²) in [6, 6.07) is 0.713. The minimum atomic E-state index is -0.148. The first-order valence-corrected chi connectivity index (χ1v) is 6.71. The van der Waals surface area contributed by atoms with Crippen molar-refractivity contribution in [2.24, 2.45) is 5.73 Å². The number of piperidine rings is 1. The van der Waals surface area contributed by atoms with Gasteiger partial charge in [-0.2, -0.15) is 0 Å². The normalized spacial score (nSPS) is 24.4. The molecule has 1 fully saturated rings. The Morgan fingerprint density at radius 1 is 1.63 bits per heavy atom. The Hall–Kier alpha value is -1.47. The van der Waals surface area contributed by atoms with Crippen molar-refractivity contribution in [2.75, 3.05) is 20.1 Å². The molecule has 2 atom stereocenters. The van der Waals surface area contributed by atoms with Crippen molar-refractivity contribution >= 4 is 5.91 Å². The fourth-order valence-corrected chi connectivity index (χ4v) is 2.32. The molecule has 1 aromatic rings. The molecule has 1 amide bonds. The minimum Gasteiger partial charge on any atom is -0.348 e. The van der Waals surface area contributed by atoms with E-state index < -0.39 is 0 Å². The van der Waals surface area contributed by atoms with Crippen molar-refractivity contribution < 1.29 is 4.79 Å². The monoisotopic (exact) mass is 266 g/mol. The Bertz CT molecular complexity index is 432. The second kappa shape index (κ2) is 6.12. The smallest absolute Gasteiger partial charge is 0.273 e. The quantitative estimate of drug-likeness (QED) is 0.763. The molecule has 0 radical (unpaired) electrons.